The first-order chi connectivity index (χ1) is 4.90. The molecule has 0 spiro atoms. The summed E-state index contributed by atoms with van der Waals surface area (Å²) in [6, 6.07) is 0. The molecule has 0 bridgehead atoms. The summed E-state index contributed by atoms with van der Waals surface area (Å²) in [6.45, 7) is 0. The molecular weight excluding hydrogens is 349 g/mol. The number of rotatable bonds is 0. The molecule has 1 radical (unpaired) electrons. The molecule has 0 saturated carbocycles. The SMILES string of the molecule is F[P-](F)(F)(F)(F)F.F[P-](F)(F)(F)(F)F.[Co+2]. The third-order valence-corrected chi connectivity index (χ3v) is 0. The Morgan fingerprint density at radius 1 is 0.333 bits per heavy atom. The van der Waals surface area contributed by atoms with Crippen LogP contribution in [0.25, 0.3) is 0 Å². The van der Waals surface area contributed by atoms with E-state index in [0.717, 1.165) is 0 Å². The zero-order valence-corrected chi connectivity index (χ0v) is 8.59. The smallest absolute Gasteiger partial charge is 2.00 e. The Bertz CT molecular complexity index is 161. The topological polar surface area (TPSA) is 0 Å². The van der Waals surface area contributed by atoms with Crippen LogP contribution in [0, 0.1) is 0 Å². The van der Waals surface area contributed by atoms with Gasteiger partial charge < -0.3 is 0 Å². The average molecular weight is 349 g/mol. The molecule has 0 unspecified atom stereocenters. The van der Waals surface area contributed by atoms with Crippen LogP contribution in [-0.2, 0) is 16.8 Å². The number of hydrogen-bond donors (Lipinski definition) is 0. The Kier molecular flexibility index (Phi) is 3.97. The van der Waals surface area contributed by atoms with Crippen LogP contribution in [-0.4, -0.2) is 0 Å². The molecule has 0 aromatic carbocycles. The Balaban J connectivity index is -0.000000180. The molecule has 0 amide bonds. The van der Waals surface area contributed by atoms with Gasteiger partial charge in [-0.2, -0.15) is 0 Å². The Morgan fingerprint density at radius 2 is 0.333 bits per heavy atom. The molecule has 0 aromatic rings. The predicted molar refractivity (Wildman–Crippen MR) is 27.1 cm³/mol. The minimum atomic E-state index is -10.7. The molecule has 0 saturated heterocycles. The first kappa shape index (κ1) is 20.9. The second kappa shape index (κ2) is 2.85. The van der Waals surface area contributed by atoms with Gasteiger partial charge in [0.2, 0.25) is 0 Å². The summed E-state index contributed by atoms with van der Waals surface area (Å²) in [7, 11) is -21.3. The van der Waals surface area contributed by atoms with Crippen molar-refractivity contribution in [1.82, 2.24) is 0 Å². The van der Waals surface area contributed by atoms with Gasteiger partial charge in [-0.15, -0.1) is 0 Å². The Morgan fingerprint density at radius 3 is 0.333 bits per heavy atom. The van der Waals surface area contributed by atoms with Crippen molar-refractivity contribution in [1.29, 1.82) is 0 Å². The quantitative estimate of drug-likeness (QED) is 0.335. The summed E-state index contributed by atoms with van der Waals surface area (Å²) >= 11 is 0. The van der Waals surface area contributed by atoms with Gasteiger partial charge in [0, 0.05) is 0 Å². The van der Waals surface area contributed by atoms with E-state index in [9.17, 15) is 50.4 Å². The predicted octanol–water partition coefficient (Wildman–Crippen LogP) is 6.76. The molecular formula is CoF12P2. The van der Waals surface area contributed by atoms with E-state index in [4.69, 9.17) is 0 Å². The van der Waals surface area contributed by atoms with Gasteiger partial charge in [-0.3, -0.25) is 0 Å². The first-order valence-electron chi connectivity index (χ1n) is 2.03. The van der Waals surface area contributed by atoms with E-state index in [1.54, 1.807) is 0 Å². The van der Waals surface area contributed by atoms with Crippen molar-refractivity contribution in [2.24, 2.45) is 0 Å². The van der Waals surface area contributed by atoms with Crippen molar-refractivity contribution in [3.63, 3.8) is 0 Å². The summed E-state index contributed by atoms with van der Waals surface area (Å²) in [4.78, 5) is 0. The third-order valence-electron chi connectivity index (χ3n) is 0. The van der Waals surface area contributed by atoms with Crippen LogP contribution in [0.3, 0.4) is 0 Å². The maximum absolute atomic E-state index is 10.7. The zero-order chi connectivity index (χ0) is 12.8. The van der Waals surface area contributed by atoms with Gasteiger partial charge in [-0.1, -0.05) is 0 Å². The minimum absolute atomic E-state index is 0. The summed E-state index contributed by atoms with van der Waals surface area (Å²) in [5.74, 6) is 0. The number of halogens is 12. The van der Waals surface area contributed by atoms with Crippen molar-refractivity contribution in [2.45, 2.75) is 0 Å². The monoisotopic (exact) mass is 349 g/mol. The Labute approximate surface area is 83.7 Å². The zero-order valence-electron chi connectivity index (χ0n) is 5.76. The van der Waals surface area contributed by atoms with E-state index in [-0.39, 0.29) is 16.8 Å². The van der Waals surface area contributed by atoms with Gasteiger partial charge in [0.25, 0.3) is 0 Å². The Hall–Kier alpha value is 0.526. The summed E-state index contributed by atoms with van der Waals surface area (Å²) in [5, 5.41) is 0. The fourth-order valence-electron chi connectivity index (χ4n) is 0. The molecule has 15 heavy (non-hydrogen) atoms. The van der Waals surface area contributed by atoms with E-state index in [1.165, 1.54) is 0 Å². The van der Waals surface area contributed by atoms with Gasteiger partial charge in [0.05, 0.1) is 0 Å². The molecule has 0 fully saturated rings. The molecule has 103 valence electrons. The first-order valence-corrected chi connectivity index (χ1v) is 6.09. The van der Waals surface area contributed by atoms with E-state index in [0.29, 0.717) is 0 Å². The van der Waals surface area contributed by atoms with E-state index in [1.807, 2.05) is 0 Å². The van der Waals surface area contributed by atoms with Crippen LogP contribution < -0.4 is 0 Å². The standard InChI is InChI=1S/Co.2F6P/c;2*1-7(2,3,4,5)6/q+2;2*-1. The molecule has 0 aliphatic carbocycles. The van der Waals surface area contributed by atoms with Gasteiger partial charge in [-0.05, 0) is 0 Å². The molecule has 0 aliphatic heterocycles. The van der Waals surface area contributed by atoms with Gasteiger partial charge >= 0.3 is 82.8 Å². The van der Waals surface area contributed by atoms with Crippen molar-refractivity contribution in [3.8, 4) is 0 Å². The van der Waals surface area contributed by atoms with Gasteiger partial charge in [-0.25, -0.2) is 0 Å². The van der Waals surface area contributed by atoms with E-state index >= 15 is 0 Å². The van der Waals surface area contributed by atoms with E-state index in [2.05, 4.69) is 0 Å². The van der Waals surface area contributed by atoms with Crippen molar-refractivity contribution in [3.05, 3.63) is 0 Å². The summed E-state index contributed by atoms with van der Waals surface area (Å²) in [5.41, 5.74) is 0. The molecule has 0 rings (SSSR count). The van der Waals surface area contributed by atoms with Crippen LogP contribution in [0.4, 0.5) is 50.4 Å². The fraction of sp³-hybridized carbons (Fsp3) is 0. The summed E-state index contributed by atoms with van der Waals surface area (Å²) < 4.78 is 118. The second-order valence-corrected chi connectivity index (χ2v) is 5.75. The molecule has 0 aromatic heterocycles. The molecule has 0 heterocycles. The minimum Gasteiger partial charge on any atom is 2.00 e. The van der Waals surface area contributed by atoms with E-state index < -0.39 is 15.6 Å². The molecule has 0 N–H and O–H groups in total. The van der Waals surface area contributed by atoms with Gasteiger partial charge in [0.1, 0.15) is 0 Å². The molecule has 0 aliphatic rings. The average Bonchev–Trinajstić information content (AvgIpc) is 0.938. The largest absolute Gasteiger partial charge is 2.00 e. The fourth-order valence-corrected chi connectivity index (χ4v) is 0. The van der Waals surface area contributed by atoms with Crippen molar-refractivity contribution in [2.75, 3.05) is 0 Å². The van der Waals surface area contributed by atoms with Crippen LogP contribution in [0.2, 0.25) is 0 Å². The number of hydrogen-bond acceptors (Lipinski definition) is 0. The second-order valence-electron chi connectivity index (χ2n) is 1.92. The van der Waals surface area contributed by atoms with Crippen LogP contribution >= 0.6 is 15.6 Å². The molecule has 0 nitrogen and oxygen atoms in total. The third kappa shape index (κ3) is 8220. The van der Waals surface area contributed by atoms with Crippen molar-refractivity contribution >= 4 is 15.6 Å². The molecule has 0 atom stereocenters. The van der Waals surface area contributed by atoms with Crippen LogP contribution in [0.5, 0.6) is 0 Å². The van der Waals surface area contributed by atoms with Crippen molar-refractivity contribution < 1.29 is 67.1 Å². The van der Waals surface area contributed by atoms with Gasteiger partial charge in [0.15, 0.2) is 0 Å². The molecule has 15 heteroatoms. The van der Waals surface area contributed by atoms with Crippen LogP contribution in [0.1, 0.15) is 0 Å². The summed E-state index contributed by atoms with van der Waals surface area (Å²) in [6.07, 6.45) is 0. The maximum atomic E-state index is 9.87. The normalized spacial score (nSPS) is 21.6. The maximum Gasteiger partial charge on any atom is 2.00 e. The van der Waals surface area contributed by atoms with Crippen LogP contribution in [0.15, 0.2) is 0 Å².